The Labute approximate surface area is 187 Å². The maximum Gasteiger partial charge on any atom is 0.308 e. The van der Waals surface area contributed by atoms with Crippen molar-refractivity contribution < 1.29 is 19.1 Å². The summed E-state index contributed by atoms with van der Waals surface area (Å²) >= 11 is 2.12. The third-order valence-electron chi connectivity index (χ3n) is 4.18. The summed E-state index contributed by atoms with van der Waals surface area (Å²) in [5, 5.41) is 5.74. The van der Waals surface area contributed by atoms with E-state index in [1.165, 1.54) is 13.0 Å². The highest BCUT2D eigenvalue weighted by atomic mass is 127. The Bertz CT molecular complexity index is 1100. The molecule has 0 saturated heterocycles. The molecule has 152 valence electrons. The van der Waals surface area contributed by atoms with Crippen molar-refractivity contribution in [2.24, 2.45) is 0 Å². The van der Waals surface area contributed by atoms with E-state index in [-0.39, 0.29) is 18.4 Å². The molecule has 0 heterocycles. The molecule has 0 radical (unpaired) electrons. The van der Waals surface area contributed by atoms with Gasteiger partial charge in [-0.3, -0.25) is 14.4 Å². The molecule has 0 aromatic heterocycles. The van der Waals surface area contributed by atoms with E-state index in [1.807, 2.05) is 36.4 Å². The third-order valence-corrected chi connectivity index (χ3v) is 5.12. The number of benzene rings is 3. The molecule has 0 aliphatic carbocycles. The molecule has 0 atom stereocenters. The Morgan fingerprint density at radius 1 is 0.900 bits per heavy atom. The Balaban J connectivity index is 1.69. The average Bonchev–Trinajstić information content (AvgIpc) is 2.73. The zero-order valence-corrected chi connectivity index (χ0v) is 18.3. The summed E-state index contributed by atoms with van der Waals surface area (Å²) in [5.74, 6) is -0.679. The van der Waals surface area contributed by atoms with Crippen LogP contribution >= 0.6 is 22.6 Å². The van der Waals surface area contributed by atoms with Crippen molar-refractivity contribution in [3.8, 4) is 5.75 Å². The number of halogens is 1. The predicted molar refractivity (Wildman–Crippen MR) is 122 cm³/mol. The van der Waals surface area contributed by atoms with Gasteiger partial charge in [-0.25, -0.2) is 0 Å². The van der Waals surface area contributed by atoms with E-state index in [0.29, 0.717) is 22.6 Å². The van der Waals surface area contributed by atoms with Crippen LogP contribution in [0.2, 0.25) is 0 Å². The highest BCUT2D eigenvalue weighted by Crippen LogP contribution is 2.19. The minimum atomic E-state index is -0.453. The number of amides is 2. The molecule has 0 unspecified atom stereocenters. The van der Waals surface area contributed by atoms with Crippen LogP contribution in [-0.4, -0.2) is 17.8 Å². The fourth-order valence-electron chi connectivity index (χ4n) is 2.78. The summed E-state index contributed by atoms with van der Waals surface area (Å²) in [4.78, 5) is 36.2. The lowest BCUT2D eigenvalue weighted by atomic mass is 10.1. The Morgan fingerprint density at radius 3 is 2.40 bits per heavy atom. The van der Waals surface area contributed by atoms with E-state index in [9.17, 15) is 14.4 Å². The minimum absolute atomic E-state index is 0.215. The zero-order valence-electron chi connectivity index (χ0n) is 16.1. The fraction of sp³-hybridized carbons (Fsp3) is 0.0870. The van der Waals surface area contributed by atoms with E-state index in [1.54, 1.807) is 30.3 Å². The molecule has 3 aromatic carbocycles. The Morgan fingerprint density at radius 2 is 1.63 bits per heavy atom. The van der Waals surface area contributed by atoms with E-state index < -0.39 is 5.97 Å². The second-order valence-corrected chi connectivity index (χ2v) is 7.56. The van der Waals surface area contributed by atoms with Gasteiger partial charge in [-0.15, -0.1) is 0 Å². The molecule has 0 aliphatic heterocycles. The van der Waals surface area contributed by atoms with Gasteiger partial charge in [-0.05, 0) is 64.6 Å². The van der Waals surface area contributed by atoms with E-state index in [4.69, 9.17) is 4.74 Å². The maximum absolute atomic E-state index is 12.6. The number of para-hydroxylation sites is 1. The number of hydrogen-bond donors (Lipinski definition) is 2. The molecule has 30 heavy (non-hydrogen) atoms. The standard InChI is InChI=1S/C23H19IN2O4/c1-15(27)30-18-9-6-8-16(13-18)22(28)25-14-17-7-2-5-12-21(17)26-23(29)19-10-3-4-11-20(19)24/h2-13H,14H2,1H3,(H,25,28)(H,26,29). The van der Waals surface area contributed by atoms with Crippen LogP contribution in [0.3, 0.4) is 0 Å². The quantitative estimate of drug-likeness (QED) is 0.290. The number of nitrogens with one attached hydrogen (secondary N) is 2. The lowest BCUT2D eigenvalue weighted by Crippen LogP contribution is -2.24. The van der Waals surface area contributed by atoms with Gasteiger partial charge in [-0.1, -0.05) is 36.4 Å². The number of rotatable bonds is 6. The summed E-state index contributed by atoms with van der Waals surface area (Å²) < 4.78 is 5.87. The van der Waals surface area contributed by atoms with Crippen LogP contribution in [0.1, 0.15) is 33.2 Å². The lowest BCUT2D eigenvalue weighted by Gasteiger charge is -2.13. The monoisotopic (exact) mass is 514 g/mol. The van der Waals surface area contributed by atoms with Gasteiger partial charge in [0.25, 0.3) is 11.8 Å². The summed E-state index contributed by atoms with van der Waals surface area (Å²) in [6.45, 7) is 1.52. The van der Waals surface area contributed by atoms with Gasteiger partial charge in [-0.2, -0.15) is 0 Å². The fourth-order valence-corrected chi connectivity index (χ4v) is 3.41. The maximum atomic E-state index is 12.6. The number of carbonyl (C=O) groups excluding carboxylic acids is 3. The van der Waals surface area contributed by atoms with E-state index >= 15 is 0 Å². The van der Waals surface area contributed by atoms with Crippen LogP contribution in [-0.2, 0) is 11.3 Å². The highest BCUT2D eigenvalue weighted by Gasteiger charge is 2.13. The average molecular weight is 514 g/mol. The summed E-state index contributed by atoms with van der Waals surface area (Å²) in [7, 11) is 0. The molecule has 0 aliphatic rings. The SMILES string of the molecule is CC(=O)Oc1cccc(C(=O)NCc2ccccc2NC(=O)c2ccccc2I)c1. The van der Waals surface area contributed by atoms with E-state index in [0.717, 1.165) is 9.13 Å². The van der Waals surface area contributed by atoms with Gasteiger partial charge < -0.3 is 15.4 Å². The molecule has 3 rings (SSSR count). The van der Waals surface area contributed by atoms with Crippen molar-refractivity contribution in [2.75, 3.05) is 5.32 Å². The van der Waals surface area contributed by atoms with Crippen molar-refractivity contribution in [1.82, 2.24) is 5.32 Å². The molecule has 2 amide bonds. The minimum Gasteiger partial charge on any atom is -0.427 e. The molecule has 2 N–H and O–H groups in total. The molecule has 0 spiro atoms. The number of esters is 1. The molecule has 3 aromatic rings. The second-order valence-electron chi connectivity index (χ2n) is 6.40. The number of carbonyl (C=O) groups is 3. The summed E-state index contributed by atoms with van der Waals surface area (Å²) in [5.41, 5.74) is 2.34. The summed E-state index contributed by atoms with van der Waals surface area (Å²) in [6.07, 6.45) is 0. The van der Waals surface area contributed by atoms with Gasteiger partial charge in [0.2, 0.25) is 0 Å². The van der Waals surface area contributed by atoms with Gasteiger partial charge in [0.15, 0.2) is 0 Å². The van der Waals surface area contributed by atoms with Crippen LogP contribution in [0.5, 0.6) is 5.75 Å². The van der Waals surface area contributed by atoms with Gasteiger partial charge in [0, 0.05) is 28.3 Å². The largest absolute Gasteiger partial charge is 0.427 e. The van der Waals surface area contributed by atoms with Crippen molar-refractivity contribution in [3.05, 3.63) is 93.1 Å². The highest BCUT2D eigenvalue weighted by molar-refractivity contribution is 14.1. The first-order valence-electron chi connectivity index (χ1n) is 9.14. The Kier molecular flexibility index (Phi) is 7.18. The first-order chi connectivity index (χ1) is 14.4. The van der Waals surface area contributed by atoms with E-state index in [2.05, 4.69) is 33.2 Å². The van der Waals surface area contributed by atoms with Crippen LogP contribution < -0.4 is 15.4 Å². The van der Waals surface area contributed by atoms with Crippen molar-refractivity contribution in [2.45, 2.75) is 13.5 Å². The van der Waals surface area contributed by atoms with Crippen molar-refractivity contribution >= 4 is 46.1 Å². The molecule has 0 bridgehead atoms. The molecular weight excluding hydrogens is 495 g/mol. The first kappa shape index (κ1) is 21.5. The zero-order chi connectivity index (χ0) is 21.5. The number of ether oxygens (including phenoxy) is 1. The topological polar surface area (TPSA) is 84.5 Å². The molecule has 6 nitrogen and oxygen atoms in total. The van der Waals surface area contributed by atoms with Crippen LogP contribution in [0, 0.1) is 3.57 Å². The number of anilines is 1. The molecule has 0 saturated carbocycles. The third kappa shape index (κ3) is 5.66. The van der Waals surface area contributed by atoms with Crippen molar-refractivity contribution in [1.29, 1.82) is 0 Å². The van der Waals surface area contributed by atoms with Gasteiger partial charge >= 0.3 is 5.97 Å². The lowest BCUT2D eigenvalue weighted by molar-refractivity contribution is -0.131. The molecule has 7 heteroatoms. The predicted octanol–water partition coefficient (Wildman–Crippen LogP) is 4.40. The first-order valence-corrected chi connectivity index (χ1v) is 10.2. The van der Waals surface area contributed by atoms with Gasteiger partial charge in [0.05, 0.1) is 5.56 Å². The van der Waals surface area contributed by atoms with Crippen molar-refractivity contribution in [3.63, 3.8) is 0 Å². The summed E-state index contributed by atoms with van der Waals surface area (Å²) in [6, 6.07) is 21.0. The van der Waals surface area contributed by atoms with Crippen LogP contribution in [0.15, 0.2) is 72.8 Å². The molecular formula is C23H19IN2O4. The molecule has 0 fully saturated rings. The van der Waals surface area contributed by atoms with Gasteiger partial charge in [0.1, 0.15) is 5.75 Å². The smallest absolute Gasteiger partial charge is 0.308 e. The Hall–Kier alpha value is -3.20. The van der Waals surface area contributed by atoms with Crippen LogP contribution in [0.4, 0.5) is 5.69 Å². The number of hydrogen-bond acceptors (Lipinski definition) is 4. The normalized spacial score (nSPS) is 10.2. The van der Waals surface area contributed by atoms with Crippen LogP contribution in [0.25, 0.3) is 0 Å². The second kappa shape index (κ2) is 10.0.